The van der Waals surface area contributed by atoms with E-state index in [1.54, 1.807) is 4.90 Å². The zero-order valence-corrected chi connectivity index (χ0v) is 11.4. The van der Waals surface area contributed by atoms with E-state index in [1.807, 2.05) is 0 Å². The second-order valence-electron chi connectivity index (χ2n) is 5.51. The highest BCUT2D eigenvalue weighted by Gasteiger charge is 2.39. The number of rotatable bonds is 3. The fourth-order valence-electron chi connectivity index (χ4n) is 2.78. The predicted molar refractivity (Wildman–Crippen MR) is 69.3 cm³/mol. The number of ether oxygens (including phenoxy) is 1. The van der Waals surface area contributed by atoms with Crippen molar-refractivity contribution in [2.24, 2.45) is 0 Å². The van der Waals surface area contributed by atoms with Crippen LogP contribution in [0.2, 0.25) is 0 Å². The molecule has 6 heteroatoms. The van der Waals surface area contributed by atoms with Crippen LogP contribution in [0.15, 0.2) is 12.1 Å². The number of carbonyl (C=O) groups is 1. The van der Waals surface area contributed by atoms with Gasteiger partial charge < -0.3 is 9.64 Å². The van der Waals surface area contributed by atoms with Gasteiger partial charge in [-0.05, 0) is 37.8 Å². The van der Waals surface area contributed by atoms with Crippen LogP contribution in [0.1, 0.15) is 36.0 Å². The van der Waals surface area contributed by atoms with E-state index in [0.717, 1.165) is 25.0 Å². The van der Waals surface area contributed by atoms with Gasteiger partial charge in [-0.3, -0.25) is 4.79 Å². The van der Waals surface area contributed by atoms with Gasteiger partial charge in [0.15, 0.2) is 17.5 Å². The summed E-state index contributed by atoms with van der Waals surface area (Å²) in [6, 6.07) is 1.87. The Balaban J connectivity index is 1.89. The van der Waals surface area contributed by atoms with Crippen LogP contribution >= 0.6 is 0 Å². The monoisotopic (exact) mass is 299 g/mol. The molecule has 0 radical (unpaired) electrons. The maximum atomic E-state index is 13.8. The number of carbonyl (C=O) groups excluding carboxylic acids is 1. The third-order valence-corrected chi connectivity index (χ3v) is 4.02. The number of nitrogens with zero attached hydrogens (tertiary/aromatic N) is 1. The van der Waals surface area contributed by atoms with Crippen molar-refractivity contribution in [3.05, 3.63) is 35.1 Å². The molecule has 0 N–H and O–H groups in total. The summed E-state index contributed by atoms with van der Waals surface area (Å²) in [5.41, 5.74) is -0.396. The molecule has 0 spiro atoms. The van der Waals surface area contributed by atoms with Gasteiger partial charge in [0.25, 0.3) is 5.91 Å². The maximum absolute atomic E-state index is 13.8. The number of benzene rings is 1. The van der Waals surface area contributed by atoms with Crippen LogP contribution in [-0.4, -0.2) is 36.1 Å². The Morgan fingerprint density at radius 2 is 1.62 bits per heavy atom. The van der Waals surface area contributed by atoms with Gasteiger partial charge in [-0.1, -0.05) is 0 Å². The van der Waals surface area contributed by atoms with Crippen molar-refractivity contribution in [2.45, 2.75) is 37.8 Å². The first kappa shape index (κ1) is 14.4. The van der Waals surface area contributed by atoms with Crippen molar-refractivity contribution in [3.63, 3.8) is 0 Å². The lowest BCUT2D eigenvalue weighted by Gasteiger charge is -2.34. The van der Waals surface area contributed by atoms with Gasteiger partial charge in [-0.25, -0.2) is 13.2 Å². The van der Waals surface area contributed by atoms with Crippen LogP contribution in [0, 0.1) is 17.5 Å². The lowest BCUT2D eigenvalue weighted by molar-refractivity contribution is 0.0264. The third kappa shape index (κ3) is 2.77. The molecule has 0 atom stereocenters. The molecule has 21 heavy (non-hydrogen) atoms. The van der Waals surface area contributed by atoms with E-state index in [9.17, 15) is 18.0 Å². The van der Waals surface area contributed by atoms with E-state index < -0.39 is 28.9 Å². The van der Waals surface area contributed by atoms with Crippen molar-refractivity contribution in [3.8, 4) is 0 Å². The van der Waals surface area contributed by atoms with Crippen molar-refractivity contribution in [2.75, 3.05) is 13.2 Å². The highest BCUT2D eigenvalue weighted by molar-refractivity contribution is 5.95. The molecule has 3 rings (SSSR count). The highest BCUT2D eigenvalue weighted by Crippen LogP contribution is 2.33. The highest BCUT2D eigenvalue weighted by atomic mass is 19.2. The van der Waals surface area contributed by atoms with Crippen LogP contribution < -0.4 is 0 Å². The van der Waals surface area contributed by atoms with E-state index in [0.29, 0.717) is 26.1 Å². The van der Waals surface area contributed by atoms with E-state index >= 15 is 0 Å². The molecule has 1 heterocycles. The summed E-state index contributed by atoms with van der Waals surface area (Å²) in [5.74, 6) is -4.84. The zero-order chi connectivity index (χ0) is 15.0. The average Bonchev–Trinajstić information content (AvgIpc) is 3.31. The molecule has 1 aromatic rings. The Bertz CT molecular complexity index is 554. The molecule has 1 amide bonds. The van der Waals surface area contributed by atoms with Gasteiger partial charge in [0.1, 0.15) is 0 Å². The van der Waals surface area contributed by atoms with Gasteiger partial charge in [-0.15, -0.1) is 0 Å². The summed E-state index contributed by atoms with van der Waals surface area (Å²) in [5, 5.41) is 0. The molecular weight excluding hydrogens is 283 g/mol. The van der Waals surface area contributed by atoms with Crippen LogP contribution in [-0.2, 0) is 4.74 Å². The normalized spacial score (nSPS) is 19.6. The summed E-state index contributed by atoms with van der Waals surface area (Å²) in [6.45, 7) is 1.11. The summed E-state index contributed by atoms with van der Waals surface area (Å²) in [6.07, 6.45) is 3.11. The average molecular weight is 299 g/mol. The maximum Gasteiger partial charge on any atom is 0.257 e. The number of halogens is 3. The lowest BCUT2D eigenvalue weighted by atomic mass is 10.0. The largest absolute Gasteiger partial charge is 0.381 e. The second-order valence-corrected chi connectivity index (χ2v) is 5.51. The zero-order valence-electron chi connectivity index (χ0n) is 11.4. The predicted octanol–water partition coefficient (Wildman–Crippen LogP) is 2.89. The molecule has 1 aliphatic carbocycles. The fourth-order valence-corrected chi connectivity index (χ4v) is 2.78. The molecule has 2 fully saturated rings. The summed E-state index contributed by atoms with van der Waals surface area (Å²) < 4.78 is 45.4. The quantitative estimate of drug-likeness (QED) is 0.803. The first-order valence-electron chi connectivity index (χ1n) is 7.13. The summed E-state index contributed by atoms with van der Waals surface area (Å²) >= 11 is 0. The van der Waals surface area contributed by atoms with E-state index in [4.69, 9.17) is 4.74 Å². The molecule has 2 aliphatic rings. The Morgan fingerprint density at radius 1 is 1.00 bits per heavy atom. The van der Waals surface area contributed by atoms with Crippen LogP contribution in [0.25, 0.3) is 0 Å². The molecule has 1 saturated heterocycles. The van der Waals surface area contributed by atoms with Gasteiger partial charge in [0.05, 0.1) is 5.56 Å². The Labute approximate surface area is 120 Å². The molecule has 1 aliphatic heterocycles. The van der Waals surface area contributed by atoms with Crippen LogP contribution in [0.4, 0.5) is 13.2 Å². The Hall–Kier alpha value is -1.56. The molecule has 1 aromatic carbocycles. The minimum absolute atomic E-state index is 0.0220. The number of hydrogen-bond donors (Lipinski definition) is 0. The van der Waals surface area contributed by atoms with Crippen molar-refractivity contribution >= 4 is 5.91 Å². The minimum Gasteiger partial charge on any atom is -0.381 e. The third-order valence-electron chi connectivity index (χ3n) is 4.02. The molecule has 0 bridgehead atoms. The fraction of sp³-hybridized carbons (Fsp3) is 0.533. The second kappa shape index (κ2) is 5.67. The Morgan fingerprint density at radius 3 is 2.24 bits per heavy atom. The van der Waals surface area contributed by atoms with Gasteiger partial charge >= 0.3 is 0 Å². The van der Waals surface area contributed by atoms with E-state index in [1.165, 1.54) is 0 Å². The molecule has 3 nitrogen and oxygen atoms in total. The minimum atomic E-state index is -1.59. The topological polar surface area (TPSA) is 29.5 Å². The van der Waals surface area contributed by atoms with Gasteiger partial charge in [-0.2, -0.15) is 0 Å². The van der Waals surface area contributed by atoms with Crippen molar-refractivity contribution in [1.82, 2.24) is 4.90 Å². The summed E-state index contributed by atoms with van der Waals surface area (Å²) in [7, 11) is 0. The first-order chi connectivity index (χ1) is 10.1. The molecule has 0 aromatic heterocycles. The van der Waals surface area contributed by atoms with E-state index in [2.05, 4.69) is 0 Å². The summed E-state index contributed by atoms with van der Waals surface area (Å²) in [4.78, 5) is 14.2. The van der Waals surface area contributed by atoms with Crippen LogP contribution in [0.3, 0.4) is 0 Å². The standard InChI is InChI=1S/C15H16F3NO2/c16-12-4-3-11(13(17)14(12)18)15(20)19(9-1-2-9)10-5-7-21-8-6-10/h3-4,9-10H,1-2,5-8H2. The molecule has 114 valence electrons. The molecular formula is C15H16F3NO2. The smallest absolute Gasteiger partial charge is 0.257 e. The SMILES string of the molecule is O=C(c1ccc(F)c(F)c1F)N(C1CCOCC1)C1CC1. The Kier molecular flexibility index (Phi) is 3.89. The number of hydrogen-bond acceptors (Lipinski definition) is 2. The van der Waals surface area contributed by atoms with Gasteiger partial charge in [0.2, 0.25) is 0 Å². The van der Waals surface area contributed by atoms with E-state index in [-0.39, 0.29) is 12.1 Å². The van der Waals surface area contributed by atoms with Crippen LogP contribution in [0.5, 0.6) is 0 Å². The number of amides is 1. The molecule has 1 saturated carbocycles. The first-order valence-corrected chi connectivity index (χ1v) is 7.13. The lowest BCUT2D eigenvalue weighted by Crippen LogP contribution is -2.45. The molecule has 0 unspecified atom stereocenters. The van der Waals surface area contributed by atoms with Gasteiger partial charge in [0, 0.05) is 25.3 Å². The van der Waals surface area contributed by atoms with Crippen molar-refractivity contribution < 1.29 is 22.7 Å². The van der Waals surface area contributed by atoms with Crippen molar-refractivity contribution in [1.29, 1.82) is 0 Å².